The van der Waals surface area contributed by atoms with E-state index < -0.39 is 3.79 Å². The van der Waals surface area contributed by atoms with Gasteiger partial charge in [0, 0.05) is 6.92 Å². The molecule has 0 bridgehead atoms. The van der Waals surface area contributed by atoms with E-state index in [0.29, 0.717) is 0 Å². The van der Waals surface area contributed by atoms with Gasteiger partial charge < -0.3 is 4.74 Å². The molecular formula is C5H5Cl3O. The standard InChI is InChI=1S/C5H5Cl3O/c1-2-3-9-4-5(6,7)8/h4H2,1H3. The van der Waals surface area contributed by atoms with Crippen LogP contribution in [0.25, 0.3) is 0 Å². The molecule has 0 heterocycles. The Morgan fingerprint density at radius 1 is 1.44 bits per heavy atom. The van der Waals surface area contributed by atoms with E-state index in [0.717, 1.165) is 0 Å². The van der Waals surface area contributed by atoms with E-state index in [4.69, 9.17) is 34.8 Å². The summed E-state index contributed by atoms with van der Waals surface area (Å²) in [5.74, 6) is 2.49. The quantitative estimate of drug-likeness (QED) is 0.452. The number of ether oxygens (including phenoxy) is 1. The van der Waals surface area contributed by atoms with Gasteiger partial charge in [0.15, 0.2) is 0 Å². The van der Waals surface area contributed by atoms with Gasteiger partial charge in [0.2, 0.25) is 3.79 Å². The van der Waals surface area contributed by atoms with Crippen molar-refractivity contribution in [3.8, 4) is 12.0 Å². The topological polar surface area (TPSA) is 9.23 Å². The lowest BCUT2D eigenvalue weighted by molar-refractivity contribution is 0.285. The lowest BCUT2D eigenvalue weighted by Gasteiger charge is -2.06. The molecule has 0 aromatic heterocycles. The SMILES string of the molecule is CC#COCC(Cl)(Cl)Cl. The molecule has 0 radical (unpaired) electrons. The summed E-state index contributed by atoms with van der Waals surface area (Å²) in [6.45, 7) is 1.64. The molecule has 0 saturated heterocycles. The van der Waals surface area contributed by atoms with Crippen LogP contribution in [0.4, 0.5) is 0 Å². The fraction of sp³-hybridized carbons (Fsp3) is 0.600. The summed E-state index contributed by atoms with van der Waals surface area (Å²) in [6.07, 6.45) is 2.30. The summed E-state index contributed by atoms with van der Waals surface area (Å²) in [7, 11) is 0. The van der Waals surface area contributed by atoms with Gasteiger partial charge in [-0.15, -0.1) is 0 Å². The number of rotatable bonds is 1. The van der Waals surface area contributed by atoms with Crippen LogP contribution in [0.3, 0.4) is 0 Å². The minimum absolute atomic E-state index is 0.00148. The van der Waals surface area contributed by atoms with Crippen molar-refractivity contribution < 1.29 is 4.74 Å². The van der Waals surface area contributed by atoms with E-state index in [1.165, 1.54) is 0 Å². The van der Waals surface area contributed by atoms with Crippen molar-refractivity contribution in [3.63, 3.8) is 0 Å². The minimum atomic E-state index is -1.36. The van der Waals surface area contributed by atoms with E-state index in [9.17, 15) is 0 Å². The predicted octanol–water partition coefficient (Wildman–Crippen LogP) is 2.35. The molecule has 0 aliphatic rings. The van der Waals surface area contributed by atoms with Gasteiger partial charge in [-0.2, -0.15) is 0 Å². The molecule has 0 amide bonds. The molecule has 0 aromatic rings. The molecule has 0 fully saturated rings. The maximum Gasteiger partial charge on any atom is 0.225 e. The average Bonchev–Trinajstić information content (AvgIpc) is 1.63. The highest BCUT2D eigenvalue weighted by atomic mass is 35.6. The summed E-state index contributed by atoms with van der Waals surface area (Å²) in [5, 5.41) is 0. The van der Waals surface area contributed by atoms with Crippen LogP contribution < -0.4 is 0 Å². The molecule has 0 aliphatic carbocycles. The molecule has 0 atom stereocenters. The molecule has 0 unspecified atom stereocenters. The molecule has 9 heavy (non-hydrogen) atoms. The molecule has 4 heteroatoms. The molecule has 0 rings (SSSR count). The van der Waals surface area contributed by atoms with Gasteiger partial charge in [0.05, 0.1) is 0 Å². The van der Waals surface area contributed by atoms with Crippen LogP contribution >= 0.6 is 34.8 Å². The van der Waals surface area contributed by atoms with Gasteiger partial charge >= 0.3 is 0 Å². The van der Waals surface area contributed by atoms with Gasteiger partial charge in [-0.25, -0.2) is 0 Å². The molecule has 0 aliphatic heterocycles. The fourth-order valence-corrected chi connectivity index (χ4v) is 0.354. The third-order valence-electron chi connectivity index (χ3n) is 0.410. The second-order valence-electron chi connectivity index (χ2n) is 1.26. The van der Waals surface area contributed by atoms with Crippen LogP contribution in [0.15, 0.2) is 0 Å². The first-order valence-corrected chi connectivity index (χ1v) is 3.30. The van der Waals surface area contributed by atoms with Gasteiger partial charge in [0.1, 0.15) is 12.7 Å². The highest BCUT2D eigenvalue weighted by molar-refractivity contribution is 6.67. The fourth-order valence-electron chi connectivity index (χ4n) is 0.190. The van der Waals surface area contributed by atoms with E-state index in [-0.39, 0.29) is 6.61 Å². The summed E-state index contributed by atoms with van der Waals surface area (Å²) < 4.78 is 3.23. The normalized spacial score (nSPS) is 9.78. The zero-order chi connectivity index (χ0) is 7.33. The third-order valence-corrected chi connectivity index (χ3v) is 0.737. The molecule has 0 spiro atoms. The van der Waals surface area contributed by atoms with Crippen molar-refractivity contribution in [1.82, 2.24) is 0 Å². The first-order valence-electron chi connectivity index (χ1n) is 2.16. The number of halogens is 3. The average molecular weight is 187 g/mol. The van der Waals surface area contributed by atoms with E-state index in [1.54, 1.807) is 6.92 Å². The Morgan fingerprint density at radius 2 is 2.00 bits per heavy atom. The van der Waals surface area contributed by atoms with Crippen LogP contribution in [-0.2, 0) is 4.74 Å². The van der Waals surface area contributed by atoms with E-state index in [1.807, 2.05) is 0 Å². The second kappa shape index (κ2) is 4.11. The Kier molecular flexibility index (Phi) is 4.22. The molecule has 1 nitrogen and oxygen atoms in total. The lowest BCUT2D eigenvalue weighted by atomic mass is 10.8. The zero-order valence-corrected chi connectivity index (χ0v) is 7.02. The largest absolute Gasteiger partial charge is 0.442 e. The van der Waals surface area contributed by atoms with Crippen LogP contribution in [-0.4, -0.2) is 10.4 Å². The predicted molar refractivity (Wildman–Crippen MR) is 39.7 cm³/mol. The van der Waals surface area contributed by atoms with Crippen molar-refractivity contribution in [2.75, 3.05) is 6.61 Å². The summed E-state index contributed by atoms with van der Waals surface area (Å²) in [6, 6.07) is 0. The maximum atomic E-state index is 5.31. The Bertz CT molecular complexity index is 127. The van der Waals surface area contributed by atoms with Gasteiger partial charge in [-0.3, -0.25) is 0 Å². The monoisotopic (exact) mass is 186 g/mol. The van der Waals surface area contributed by atoms with Gasteiger partial charge in [0.25, 0.3) is 0 Å². The van der Waals surface area contributed by atoms with Crippen LogP contribution in [0.2, 0.25) is 0 Å². The van der Waals surface area contributed by atoms with Gasteiger partial charge in [-0.1, -0.05) is 40.7 Å². The first kappa shape index (κ1) is 9.23. The third kappa shape index (κ3) is 8.23. The summed E-state index contributed by atoms with van der Waals surface area (Å²) in [5.41, 5.74) is 0. The van der Waals surface area contributed by atoms with Crippen molar-refractivity contribution >= 4 is 34.8 Å². The number of hydrogen-bond acceptors (Lipinski definition) is 1. The van der Waals surface area contributed by atoms with E-state index in [2.05, 4.69) is 16.8 Å². The van der Waals surface area contributed by atoms with Crippen molar-refractivity contribution in [2.24, 2.45) is 0 Å². The number of alkyl halides is 3. The van der Waals surface area contributed by atoms with E-state index >= 15 is 0 Å². The van der Waals surface area contributed by atoms with Crippen molar-refractivity contribution in [3.05, 3.63) is 0 Å². The maximum absolute atomic E-state index is 5.31. The lowest BCUT2D eigenvalue weighted by Crippen LogP contribution is -2.10. The Labute approximate surface area is 69.2 Å². The number of hydrogen-bond donors (Lipinski definition) is 0. The first-order chi connectivity index (χ1) is 4.06. The smallest absolute Gasteiger partial charge is 0.225 e. The van der Waals surface area contributed by atoms with Crippen LogP contribution in [0.5, 0.6) is 0 Å². The molecule has 0 N–H and O–H groups in total. The molecule has 0 saturated carbocycles. The highest BCUT2D eigenvalue weighted by Crippen LogP contribution is 2.25. The molecule has 0 aromatic carbocycles. The van der Waals surface area contributed by atoms with Gasteiger partial charge in [-0.05, 0) is 0 Å². The molecule has 52 valence electrons. The zero-order valence-electron chi connectivity index (χ0n) is 4.75. The highest BCUT2D eigenvalue weighted by Gasteiger charge is 2.19. The molecular weight excluding hydrogens is 182 g/mol. The van der Waals surface area contributed by atoms with Crippen molar-refractivity contribution in [2.45, 2.75) is 10.7 Å². The Hall–Kier alpha value is 0.230. The summed E-state index contributed by atoms with van der Waals surface area (Å²) in [4.78, 5) is 0. The Morgan fingerprint density at radius 3 is 2.33 bits per heavy atom. The van der Waals surface area contributed by atoms with Crippen LogP contribution in [0.1, 0.15) is 6.92 Å². The Balaban J connectivity index is 3.36. The van der Waals surface area contributed by atoms with Crippen LogP contribution in [0, 0.1) is 12.0 Å². The summed E-state index contributed by atoms with van der Waals surface area (Å²) >= 11 is 15.9. The minimum Gasteiger partial charge on any atom is -0.442 e. The second-order valence-corrected chi connectivity index (χ2v) is 3.77. The van der Waals surface area contributed by atoms with Crippen molar-refractivity contribution in [1.29, 1.82) is 0 Å².